The zero-order valence-electron chi connectivity index (χ0n) is 12.3. The van der Waals surface area contributed by atoms with E-state index in [9.17, 15) is 4.79 Å². The van der Waals surface area contributed by atoms with Crippen molar-refractivity contribution in [2.24, 2.45) is 17.6 Å². The SMILES string of the molecule is COC(=O)c1cccc(CN2CC3CCC(N)C3C2)c1.Cl. The molecule has 116 valence electrons. The second-order valence-corrected chi connectivity index (χ2v) is 6.05. The van der Waals surface area contributed by atoms with Gasteiger partial charge in [0.2, 0.25) is 0 Å². The zero-order chi connectivity index (χ0) is 14.1. The normalized spacial score (nSPS) is 28.0. The maximum atomic E-state index is 11.6. The first-order chi connectivity index (χ1) is 9.67. The molecule has 0 radical (unpaired) electrons. The van der Waals surface area contributed by atoms with Gasteiger partial charge in [-0.2, -0.15) is 0 Å². The number of methoxy groups -OCH3 is 1. The van der Waals surface area contributed by atoms with E-state index in [1.165, 1.54) is 25.5 Å². The summed E-state index contributed by atoms with van der Waals surface area (Å²) in [6, 6.07) is 8.10. The fourth-order valence-corrected chi connectivity index (χ4v) is 3.70. The molecule has 1 aliphatic carbocycles. The molecule has 5 heteroatoms. The van der Waals surface area contributed by atoms with E-state index in [2.05, 4.69) is 11.0 Å². The second kappa shape index (κ2) is 6.77. The minimum atomic E-state index is -0.271. The lowest BCUT2D eigenvalue weighted by Crippen LogP contribution is -2.30. The van der Waals surface area contributed by atoms with Gasteiger partial charge in [-0.25, -0.2) is 4.79 Å². The summed E-state index contributed by atoms with van der Waals surface area (Å²) in [6.45, 7) is 3.12. The van der Waals surface area contributed by atoms with Crippen LogP contribution in [0.4, 0.5) is 0 Å². The Bertz CT molecular complexity index is 509. The number of nitrogens with zero attached hydrogens (tertiary/aromatic N) is 1. The number of nitrogens with two attached hydrogens (primary N) is 1. The summed E-state index contributed by atoms with van der Waals surface area (Å²) in [5.41, 5.74) is 7.96. The van der Waals surface area contributed by atoms with Gasteiger partial charge in [0.25, 0.3) is 0 Å². The van der Waals surface area contributed by atoms with E-state index < -0.39 is 0 Å². The fraction of sp³-hybridized carbons (Fsp3) is 0.562. The number of ether oxygens (including phenoxy) is 1. The molecule has 0 spiro atoms. The van der Waals surface area contributed by atoms with Crippen molar-refractivity contribution in [3.63, 3.8) is 0 Å². The maximum Gasteiger partial charge on any atom is 0.337 e. The molecule has 2 aliphatic rings. The van der Waals surface area contributed by atoms with Gasteiger partial charge in [0.15, 0.2) is 0 Å². The predicted octanol–water partition coefficient (Wildman–Crippen LogP) is 2.06. The number of halogens is 1. The largest absolute Gasteiger partial charge is 0.465 e. The summed E-state index contributed by atoms with van der Waals surface area (Å²) < 4.78 is 4.77. The lowest BCUT2D eigenvalue weighted by atomic mass is 9.98. The number of benzene rings is 1. The minimum Gasteiger partial charge on any atom is -0.465 e. The quantitative estimate of drug-likeness (QED) is 0.868. The molecule has 0 bridgehead atoms. The van der Waals surface area contributed by atoms with Crippen LogP contribution in [0.1, 0.15) is 28.8 Å². The Morgan fingerprint density at radius 2 is 2.19 bits per heavy atom. The molecule has 1 saturated heterocycles. The van der Waals surface area contributed by atoms with Crippen molar-refractivity contribution in [2.45, 2.75) is 25.4 Å². The van der Waals surface area contributed by atoms with Crippen LogP contribution in [-0.4, -0.2) is 37.1 Å². The van der Waals surface area contributed by atoms with Crippen LogP contribution >= 0.6 is 12.4 Å². The second-order valence-electron chi connectivity index (χ2n) is 6.05. The molecule has 1 saturated carbocycles. The highest BCUT2D eigenvalue weighted by atomic mass is 35.5. The number of carbonyl (C=O) groups is 1. The Morgan fingerprint density at radius 3 is 2.90 bits per heavy atom. The van der Waals surface area contributed by atoms with E-state index in [1.807, 2.05) is 12.1 Å². The van der Waals surface area contributed by atoms with E-state index in [-0.39, 0.29) is 18.4 Å². The van der Waals surface area contributed by atoms with Crippen molar-refractivity contribution in [1.82, 2.24) is 4.90 Å². The molecule has 1 aromatic carbocycles. The number of hydrogen-bond donors (Lipinski definition) is 1. The highest BCUT2D eigenvalue weighted by Crippen LogP contribution is 2.37. The molecule has 1 heterocycles. The molecule has 2 fully saturated rings. The molecule has 3 unspecified atom stereocenters. The lowest BCUT2D eigenvalue weighted by molar-refractivity contribution is 0.0600. The summed E-state index contributed by atoms with van der Waals surface area (Å²) in [6.07, 6.45) is 2.45. The van der Waals surface area contributed by atoms with Crippen molar-refractivity contribution >= 4 is 18.4 Å². The van der Waals surface area contributed by atoms with Gasteiger partial charge in [-0.05, 0) is 42.4 Å². The third-order valence-corrected chi connectivity index (χ3v) is 4.74. The van der Waals surface area contributed by atoms with Gasteiger partial charge in [0.1, 0.15) is 0 Å². The Balaban J connectivity index is 0.00000161. The molecule has 0 aromatic heterocycles. The molecule has 0 amide bonds. The molecular weight excluding hydrogens is 288 g/mol. The van der Waals surface area contributed by atoms with Crippen molar-refractivity contribution < 1.29 is 9.53 Å². The van der Waals surface area contributed by atoms with Crippen LogP contribution in [0.5, 0.6) is 0 Å². The number of likely N-dealkylation sites (tertiary alicyclic amines) is 1. The van der Waals surface area contributed by atoms with Crippen LogP contribution < -0.4 is 5.73 Å². The van der Waals surface area contributed by atoms with Gasteiger partial charge in [0.05, 0.1) is 12.7 Å². The minimum absolute atomic E-state index is 0. The van der Waals surface area contributed by atoms with Crippen LogP contribution in [0.2, 0.25) is 0 Å². The molecule has 3 atom stereocenters. The van der Waals surface area contributed by atoms with Crippen LogP contribution in [0, 0.1) is 11.8 Å². The van der Waals surface area contributed by atoms with Gasteiger partial charge in [0, 0.05) is 25.7 Å². The predicted molar refractivity (Wildman–Crippen MR) is 84.5 cm³/mol. The number of carbonyl (C=O) groups excluding carboxylic acids is 1. The summed E-state index contributed by atoms with van der Waals surface area (Å²) in [4.78, 5) is 14.0. The van der Waals surface area contributed by atoms with Gasteiger partial charge >= 0.3 is 5.97 Å². The van der Waals surface area contributed by atoms with Gasteiger partial charge in [-0.3, -0.25) is 4.90 Å². The summed E-state index contributed by atoms with van der Waals surface area (Å²) in [7, 11) is 1.41. The summed E-state index contributed by atoms with van der Waals surface area (Å²) in [5.74, 6) is 1.17. The third kappa shape index (κ3) is 3.39. The van der Waals surface area contributed by atoms with Crippen LogP contribution in [0.25, 0.3) is 0 Å². The molecule has 3 rings (SSSR count). The van der Waals surface area contributed by atoms with Crippen molar-refractivity contribution in [1.29, 1.82) is 0 Å². The van der Waals surface area contributed by atoms with E-state index in [0.717, 1.165) is 25.6 Å². The van der Waals surface area contributed by atoms with Crippen molar-refractivity contribution in [3.05, 3.63) is 35.4 Å². The zero-order valence-corrected chi connectivity index (χ0v) is 13.1. The van der Waals surface area contributed by atoms with Crippen molar-refractivity contribution in [3.8, 4) is 0 Å². The summed E-state index contributed by atoms with van der Waals surface area (Å²) in [5, 5.41) is 0. The maximum absolute atomic E-state index is 11.6. The molecule has 1 aliphatic heterocycles. The van der Waals surface area contributed by atoms with Crippen LogP contribution in [0.3, 0.4) is 0 Å². The average molecular weight is 311 g/mol. The first-order valence-electron chi connectivity index (χ1n) is 7.32. The number of rotatable bonds is 3. The molecular formula is C16H23ClN2O2. The lowest BCUT2D eigenvalue weighted by Gasteiger charge is -2.18. The van der Waals surface area contributed by atoms with Crippen molar-refractivity contribution in [2.75, 3.05) is 20.2 Å². The number of fused-ring (bicyclic) bond motifs is 1. The Morgan fingerprint density at radius 1 is 1.38 bits per heavy atom. The Labute approximate surface area is 132 Å². The molecule has 4 nitrogen and oxygen atoms in total. The smallest absolute Gasteiger partial charge is 0.337 e. The topological polar surface area (TPSA) is 55.6 Å². The van der Waals surface area contributed by atoms with Crippen LogP contribution in [0.15, 0.2) is 24.3 Å². The Kier molecular flexibility index (Phi) is 5.25. The van der Waals surface area contributed by atoms with Gasteiger partial charge in [-0.1, -0.05) is 12.1 Å². The standard InChI is InChI=1S/C16H22N2O2.ClH/c1-20-16(19)12-4-2-3-11(7-12)8-18-9-13-5-6-15(17)14(13)10-18;/h2-4,7,13-15H,5-6,8-10,17H2,1H3;1H. The molecule has 21 heavy (non-hydrogen) atoms. The first-order valence-corrected chi connectivity index (χ1v) is 7.32. The third-order valence-electron chi connectivity index (χ3n) is 4.74. The van der Waals surface area contributed by atoms with E-state index in [0.29, 0.717) is 17.5 Å². The van der Waals surface area contributed by atoms with Gasteiger partial charge < -0.3 is 10.5 Å². The molecule has 1 aromatic rings. The highest BCUT2D eigenvalue weighted by molar-refractivity contribution is 5.89. The van der Waals surface area contributed by atoms with E-state index in [4.69, 9.17) is 10.5 Å². The first kappa shape index (κ1) is 16.3. The van der Waals surface area contributed by atoms with Gasteiger partial charge in [-0.15, -0.1) is 12.4 Å². The monoisotopic (exact) mass is 310 g/mol. The fourth-order valence-electron chi connectivity index (χ4n) is 3.70. The summed E-state index contributed by atoms with van der Waals surface area (Å²) >= 11 is 0. The number of esters is 1. The number of hydrogen-bond acceptors (Lipinski definition) is 4. The average Bonchev–Trinajstić information content (AvgIpc) is 3.00. The highest BCUT2D eigenvalue weighted by Gasteiger charge is 2.40. The van der Waals surface area contributed by atoms with Crippen LogP contribution in [-0.2, 0) is 11.3 Å². The molecule has 2 N–H and O–H groups in total. The van der Waals surface area contributed by atoms with E-state index in [1.54, 1.807) is 6.07 Å². The Hall–Kier alpha value is -1.10. The van der Waals surface area contributed by atoms with E-state index >= 15 is 0 Å².